The molecule has 6 heteroatoms. The van der Waals surface area contributed by atoms with Gasteiger partial charge in [-0.2, -0.15) is 0 Å². The van der Waals surface area contributed by atoms with Crippen molar-refractivity contribution in [1.82, 2.24) is 10.1 Å². The van der Waals surface area contributed by atoms with E-state index in [1.165, 1.54) is 12.5 Å². The van der Waals surface area contributed by atoms with E-state index in [4.69, 9.17) is 5.73 Å². The second-order valence-corrected chi connectivity index (χ2v) is 3.87. The number of carbonyl (C=O) groups is 1. The molecule has 0 aliphatic rings. The lowest BCUT2D eigenvalue weighted by atomic mass is 10.1. The van der Waals surface area contributed by atoms with Crippen molar-refractivity contribution >= 4 is 28.2 Å². The molecule has 1 amide bonds. The minimum absolute atomic E-state index is 0.228. The number of carbonyl (C=O) groups excluding carboxylic acids is 1. The number of amides is 1. The minimum Gasteiger partial charge on any atom is -0.399 e. The van der Waals surface area contributed by atoms with Crippen molar-refractivity contribution in [3.05, 3.63) is 42.4 Å². The number of nitrogens with zero attached hydrogens (tertiary/aromatic N) is 1. The van der Waals surface area contributed by atoms with Gasteiger partial charge in [0.05, 0.1) is 11.8 Å². The number of hydrogen-bond acceptors (Lipinski definition) is 4. The number of benzene rings is 1. The van der Waals surface area contributed by atoms with Gasteiger partial charge < -0.3 is 20.6 Å². The summed E-state index contributed by atoms with van der Waals surface area (Å²) >= 11 is 0. The first kappa shape index (κ1) is 10.4. The quantitative estimate of drug-likeness (QED) is 0.598. The van der Waals surface area contributed by atoms with E-state index in [2.05, 4.69) is 20.0 Å². The number of aromatic nitrogens is 2. The van der Waals surface area contributed by atoms with Gasteiger partial charge in [0, 0.05) is 22.8 Å². The molecule has 0 saturated carbocycles. The predicted octanol–water partition coefficient (Wildman–Crippen LogP) is 1.99. The van der Waals surface area contributed by atoms with E-state index in [1.807, 2.05) is 6.07 Å². The standard InChI is InChI=1S/C12H10N4O2/c13-7-1-2-9-10(5-14-11(9)3-7)12(17)16-8-4-15-18-6-8/h1-6,14H,13H2,(H,16,17). The second kappa shape index (κ2) is 3.92. The average molecular weight is 242 g/mol. The van der Waals surface area contributed by atoms with Crippen LogP contribution in [0.25, 0.3) is 10.9 Å². The summed E-state index contributed by atoms with van der Waals surface area (Å²) in [5, 5.41) is 7.02. The van der Waals surface area contributed by atoms with Crippen LogP contribution < -0.4 is 11.1 Å². The zero-order valence-electron chi connectivity index (χ0n) is 9.31. The molecule has 18 heavy (non-hydrogen) atoms. The molecule has 3 rings (SSSR count). The largest absolute Gasteiger partial charge is 0.399 e. The van der Waals surface area contributed by atoms with Gasteiger partial charge >= 0.3 is 0 Å². The molecule has 2 heterocycles. The first-order valence-corrected chi connectivity index (χ1v) is 5.31. The fraction of sp³-hybridized carbons (Fsp3) is 0. The highest BCUT2D eigenvalue weighted by Crippen LogP contribution is 2.21. The Kier molecular flexibility index (Phi) is 2.26. The van der Waals surface area contributed by atoms with E-state index in [0.717, 1.165) is 10.9 Å². The maximum atomic E-state index is 12.0. The molecule has 0 spiro atoms. The molecule has 1 aromatic carbocycles. The monoisotopic (exact) mass is 242 g/mol. The molecule has 0 bridgehead atoms. The van der Waals surface area contributed by atoms with Crippen molar-refractivity contribution in [1.29, 1.82) is 0 Å². The van der Waals surface area contributed by atoms with Crippen molar-refractivity contribution in [3.8, 4) is 0 Å². The van der Waals surface area contributed by atoms with Gasteiger partial charge in [-0.15, -0.1) is 0 Å². The van der Waals surface area contributed by atoms with Crippen LogP contribution in [0.3, 0.4) is 0 Å². The van der Waals surface area contributed by atoms with Gasteiger partial charge in [0.15, 0.2) is 0 Å². The van der Waals surface area contributed by atoms with Crippen LogP contribution in [0.2, 0.25) is 0 Å². The van der Waals surface area contributed by atoms with Gasteiger partial charge in [-0.05, 0) is 18.2 Å². The summed E-state index contributed by atoms with van der Waals surface area (Å²) in [5.74, 6) is -0.228. The van der Waals surface area contributed by atoms with E-state index < -0.39 is 0 Å². The van der Waals surface area contributed by atoms with E-state index in [-0.39, 0.29) is 5.91 Å². The molecule has 0 atom stereocenters. The molecule has 0 radical (unpaired) electrons. The van der Waals surface area contributed by atoms with Crippen LogP contribution in [0.15, 0.2) is 41.4 Å². The zero-order chi connectivity index (χ0) is 12.5. The number of H-pyrrole nitrogens is 1. The molecule has 0 unspecified atom stereocenters. The fourth-order valence-corrected chi connectivity index (χ4v) is 1.80. The van der Waals surface area contributed by atoms with Crippen molar-refractivity contribution < 1.29 is 9.32 Å². The highest BCUT2D eigenvalue weighted by molar-refractivity contribution is 6.12. The maximum absolute atomic E-state index is 12.0. The van der Waals surface area contributed by atoms with Gasteiger partial charge in [-0.25, -0.2) is 0 Å². The first-order chi connectivity index (χ1) is 8.74. The SMILES string of the molecule is Nc1ccc2c(C(=O)Nc3cnoc3)c[nH]c2c1. The van der Waals surface area contributed by atoms with Gasteiger partial charge in [-0.1, -0.05) is 5.16 Å². The Morgan fingerprint density at radius 3 is 3.11 bits per heavy atom. The van der Waals surface area contributed by atoms with Crippen molar-refractivity contribution in [3.63, 3.8) is 0 Å². The van der Waals surface area contributed by atoms with Crippen molar-refractivity contribution in [2.24, 2.45) is 0 Å². The summed E-state index contributed by atoms with van der Waals surface area (Å²) in [4.78, 5) is 15.0. The number of nitrogen functional groups attached to an aromatic ring is 1. The summed E-state index contributed by atoms with van der Waals surface area (Å²) < 4.78 is 4.65. The zero-order valence-corrected chi connectivity index (χ0v) is 9.31. The number of aromatic amines is 1. The average Bonchev–Trinajstić information content (AvgIpc) is 2.97. The Morgan fingerprint density at radius 1 is 1.44 bits per heavy atom. The number of rotatable bonds is 2. The molecule has 0 saturated heterocycles. The Balaban J connectivity index is 1.97. The van der Waals surface area contributed by atoms with E-state index in [0.29, 0.717) is 16.9 Å². The third kappa shape index (κ3) is 1.69. The summed E-state index contributed by atoms with van der Waals surface area (Å²) in [5.41, 5.74) is 8.22. The van der Waals surface area contributed by atoms with Crippen LogP contribution in [0.4, 0.5) is 11.4 Å². The fourth-order valence-electron chi connectivity index (χ4n) is 1.80. The van der Waals surface area contributed by atoms with E-state index >= 15 is 0 Å². The molecular weight excluding hydrogens is 232 g/mol. The Hall–Kier alpha value is -2.76. The second-order valence-electron chi connectivity index (χ2n) is 3.87. The lowest BCUT2D eigenvalue weighted by Crippen LogP contribution is -2.10. The molecule has 4 N–H and O–H groups in total. The number of anilines is 2. The first-order valence-electron chi connectivity index (χ1n) is 5.31. The van der Waals surface area contributed by atoms with Gasteiger partial charge in [0.1, 0.15) is 12.0 Å². The predicted molar refractivity (Wildman–Crippen MR) is 67.2 cm³/mol. The van der Waals surface area contributed by atoms with E-state index in [9.17, 15) is 4.79 Å². The van der Waals surface area contributed by atoms with Crippen LogP contribution in [0, 0.1) is 0 Å². The molecule has 3 aromatic rings. The smallest absolute Gasteiger partial charge is 0.257 e. The molecule has 2 aromatic heterocycles. The lowest BCUT2D eigenvalue weighted by Gasteiger charge is -2.00. The van der Waals surface area contributed by atoms with Crippen LogP contribution >= 0.6 is 0 Å². The van der Waals surface area contributed by atoms with Crippen LogP contribution in [0.1, 0.15) is 10.4 Å². The van der Waals surface area contributed by atoms with Gasteiger partial charge in [0.2, 0.25) is 0 Å². The van der Waals surface area contributed by atoms with Gasteiger partial charge in [-0.3, -0.25) is 4.79 Å². The number of nitrogens with one attached hydrogen (secondary N) is 2. The van der Waals surface area contributed by atoms with Crippen molar-refractivity contribution in [2.45, 2.75) is 0 Å². The van der Waals surface area contributed by atoms with E-state index in [1.54, 1.807) is 18.3 Å². The lowest BCUT2D eigenvalue weighted by molar-refractivity contribution is 0.102. The third-order valence-corrected chi connectivity index (χ3v) is 2.64. The molecular formula is C12H10N4O2. The highest BCUT2D eigenvalue weighted by atomic mass is 16.5. The molecule has 90 valence electrons. The summed E-state index contributed by atoms with van der Waals surface area (Å²) in [6.07, 6.45) is 4.45. The van der Waals surface area contributed by atoms with Crippen LogP contribution in [-0.2, 0) is 0 Å². The molecule has 0 aliphatic heterocycles. The Labute approximate surface area is 102 Å². The minimum atomic E-state index is -0.228. The van der Waals surface area contributed by atoms with Crippen LogP contribution in [0.5, 0.6) is 0 Å². The molecule has 6 nitrogen and oxygen atoms in total. The number of nitrogens with two attached hydrogens (primary N) is 1. The third-order valence-electron chi connectivity index (χ3n) is 2.64. The molecule has 0 aliphatic carbocycles. The topological polar surface area (TPSA) is 96.9 Å². The van der Waals surface area contributed by atoms with Crippen molar-refractivity contribution in [2.75, 3.05) is 11.1 Å². The summed E-state index contributed by atoms with van der Waals surface area (Å²) in [7, 11) is 0. The number of hydrogen-bond donors (Lipinski definition) is 3. The summed E-state index contributed by atoms with van der Waals surface area (Å²) in [6.45, 7) is 0. The Morgan fingerprint density at radius 2 is 2.33 bits per heavy atom. The summed E-state index contributed by atoms with van der Waals surface area (Å²) in [6, 6.07) is 5.35. The van der Waals surface area contributed by atoms with Crippen LogP contribution in [-0.4, -0.2) is 16.0 Å². The highest BCUT2D eigenvalue weighted by Gasteiger charge is 2.12. The molecule has 0 fully saturated rings. The Bertz CT molecular complexity index is 700. The normalized spacial score (nSPS) is 10.7. The van der Waals surface area contributed by atoms with Gasteiger partial charge in [0.25, 0.3) is 5.91 Å². The number of fused-ring (bicyclic) bond motifs is 1. The maximum Gasteiger partial charge on any atom is 0.257 e.